The third kappa shape index (κ3) is 4.27. The quantitative estimate of drug-likeness (QED) is 0.859. The van der Waals surface area contributed by atoms with Crippen LogP contribution < -0.4 is 5.32 Å². The van der Waals surface area contributed by atoms with E-state index in [9.17, 15) is 4.79 Å². The first-order valence-electron chi connectivity index (χ1n) is 10.5. The molecular formula is C22H30N4O2. The van der Waals surface area contributed by atoms with Crippen LogP contribution in [0.4, 0.5) is 0 Å². The van der Waals surface area contributed by atoms with E-state index in [1.807, 2.05) is 17.0 Å². The number of rotatable bonds is 5. The molecule has 2 fully saturated rings. The zero-order chi connectivity index (χ0) is 19.5. The summed E-state index contributed by atoms with van der Waals surface area (Å²) < 4.78 is 5.38. The summed E-state index contributed by atoms with van der Waals surface area (Å²) in [6, 6.07) is 8.25. The number of aryl methyl sites for hydroxylation is 1. The maximum Gasteiger partial charge on any atom is 0.227 e. The van der Waals surface area contributed by atoms with E-state index >= 15 is 0 Å². The van der Waals surface area contributed by atoms with Crippen molar-refractivity contribution < 1.29 is 9.32 Å². The predicted molar refractivity (Wildman–Crippen MR) is 108 cm³/mol. The Bertz CT molecular complexity index is 785. The highest BCUT2D eigenvalue weighted by molar-refractivity contribution is 5.76. The molecule has 2 aromatic rings. The Kier molecular flexibility index (Phi) is 5.76. The van der Waals surface area contributed by atoms with Crippen LogP contribution in [0.5, 0.6) is 0 Å². The lowest BCUT2D eigenvalue weighted by Crippen LogP contribution is -2.32. The molecule has 4 rings (SSSR count). The van der Waals surface area contributed by atoms with Gasteiger partial charge in [-0.05, 0) is 49.2 Å². The number of amides is 1. The number of likely N-dealkylation sites (tertiary alicyclic amines) is 1. The molecule has 1 aromatic carbocycles. The van der Waals surface area contributed by atoms with Crippen LogP contribution in [0.15, 0.2) is 28.8 Å². The fourth-order valence-corrected chi connectivity index (χ4v) is 4.33. The Morgan fingerprint density at radius 3 is 2.50 bits per heavy atom. The standard InChI is InChI=1S/C22H30N4O2/c1-15(2)16-3-5-17(6-4-16)22-24-20(28-25-22)7-8-21(27)26-11-9-18-13-23-14-19(18)10-12-26/h3-6,15,18-19,23H,7-14H2,1-2H3/t18-,19+. The van der Waals surface area contributed by atoms with Gasteiger partial charge in [0.1, 0.15) is 0 Å². The Hall–Kier alpha value is -2.21. The minimum absolute atomic E-state index is 0.203. The maximum atomic E-state index is 12.6. The summed E-state index contributed by atoms with van der Waals surface area (Å²) in [6.45, 7) is 8.31. The second-order valence-corrected chi connectivity index (χ2v) is 8.42. The van der Waals surface area contributed by atoms with Crippen molar-refractivity contribution in [2.24, 2.45) is 11.8 Å². The maximum absolute atomic E-state index is 12.6. The Morgan fingerprint density at radius 1 is 1.18 bits per heavy atom. The van der Waals surface area contributed by atoms with Crippen LogP contribution in [0.3, 0.4) is 0 Å². The zero-order valence-corrected chi connectivity index (χ0v) is 16.9. The normalized spacial score (nSPS) is 22.3. The van der Waals surface area contributed by atoms with E-state index in [4.69, 9.17) is 4.52 Å². The molecule has 3 heterocycles. The number of hydrogen-bond acceptors (Lipinski definition) is 5. The molecule has 1 N–H and O–H groups in total. The van der Waals surface area contributed by atoms with Crippen LogP contribution >= 0.6 is 0 Å². The number of hydrogen-bond donors (Lipinski definition) is 1. The van der Waals surface area contributed by atoms with Crippen molar-refractivity contribution >= 4 is 5.91 Å². The zero-order valence-electron chi connectivity index (χ0n) is 16.9. The van der Waals surface area contributed by atoms with Crippen LogP contribution in [0.1, 0.15) is 50.5 Å². The Morgan fingerprint density at radius 2 is 1.86 bits per heavy atom. The number of carbonyl (C=O) groups excluding carboxylic acids is 1. The number of fused-ring (bicyclic) bond motifs is 1. The van der Waals surface area contributed by atoms with Crippen molar-refractivity contribution in [3.63, 3.8) is 0 Å². The Labute approximate surface area is 166 Å². The number of nitrogens with zero attached hydrogens (tertiary/aromatic N) is 3. The Balaban J connectivity index is 1.31. The molecule has 28 heavy (non-hydrogen) atoms. The topological polar surface area (TPSA) is 71.3 Å². The molecule has 0 radical (unpaired) electrons. The summed E-state index contributed by atoms with van der Waals surface area (Å²) in [4.78, 5) is 19.2. The smallest absolute Gasteiger partial charge is 0.227 e. The third-order valence-corrected chi connectivity index (χ3v) is 6.23. The van der Waals surface area contributed by atoms with Crippen molar-refractivity contribution in [2.45, 2.75) is 45.4 Å². The molecular weight excluding hydrogens is 352 g/mol. The van der Waals surface area contributed by atoms with Crippen molar-refractivity contribution in [1.29, 1.82) is 0 Å². The lowest BCUT2D eigenvalue weighted by molar-refractivity contribution is -0.131. The molecule has 150 valence electrons. The first-order chi connectivity index (χ1) is 13.6. The minimum atomic E-state index is 0.203. The number of nitrogens with one attached hydrogen (secondary N) is 1. The molecule has 2 atom stereocenters. The molecule has 0 aliphatic carbocycles. The molecule has 0 unspecified atom stereocenters. The summed E-state index contributed by atoms with van der Waals surface area (Å²) in [5.41, 5.74) is 2.23. The molecule has 0 bridgehead atoms. The van der Waals surface area contributed by atoms with E-state index in [1.54, 1.807) is 0 Å². The highest BCUT2D eigenvalue weighted by Crippen LogP contribution is 2.27. The molecule has 2 saturated heterocycles. The van der Waals surface area contributed by atoms with Gasteiger partial charge in [-0.1, -0.05) is 43.3 Å². The number of aromatic nitrogens is 2. The number of benzene rings is 1. The molecule has 6 nitrogen and oxygen atoms in total. The van der Waals surface area contributed by atoms with Crippen molar-refractivity contribution in [3.05, 3.63) is 35.7 Å². The van der Waals surface area contributed by atoms with Crippen molar-refractivity contribution in [1.82, 2.24) is 20.4 Å². The van der Waals surface area contributed by atoms with E-state index in [0.717, 1.165) is 56.4 Å². The predicted octanol–water partition coefficient (Wildman–Crippen LogP) is 3.25. The molecule has 2 aliphatic rings. The molecule has 0 spiro atoms. The van der Waals surface area contributed by atoms with Gasteiger partial charge in [-0.15, -0.1) is 0 Å². The lowest BCUT2D eigenvalue weighted by atomic mass is 9.92. The summed E-state index contributed by atoms with van der Waals surface area (Å²) >= 11 is 0. The first kappa shape index (κ1) is 19.1. The van der Waals surface area contributed by atoms with E-state index in [0.29, 0.717) is 30.5 Å². The van der Waals surface area contributed by atoms with Gasteiger partial charge >= 0.3 is 0 Å². The van der Waals surface area contributed by atoms with E-state index in [1.165, 1.54) is 5.56 Å². The van der Waals surface area contributed by atoms with Crippen LogP contribution in [-0.2, 0) is 11.2 Å². The molecule has 6 heteroatoms. The molecule has 0 saturated carbocycles. The minimum Gasteiger partial charge on any atom is -0.343 e. The van der Waals surface area contributed by atoms with Crippen LogP contribution in [0, 0.1) is 11.8 Å². The van der Waals surface area contributed by atoms with Gasteiger partial charge in [0, 0.05) is 31.5 Å². The van der Waals surface area contributed by atoms with Gasteiger partial charge in [0.2, 0.25) is 17.6 Å². The van der Waals surface area contributed by atoms with Crippen LogP contribution in [0.25, 0.3) is 11.4 Å². The van der Waals surface area contributed by atoms with Crippen molar-refractivity contribution in [3.8, 4) is 11.4 Å². The average molecular weight is 383 g/mol. The molecule has 1 amide bonds. The van der Waals surface area contributed by atoms with Gasteiger partial charge in [-0.3, -0.25) is 4.79 Å². The molecule has 2 aliphatic heterocycles. The first-order valence-corrected chi connectivity index (χ1v) is 10.5. The third-order valence-electron chi connectivity index (χ3n) is 6.23. The highest BCUT2D eigenvalue weighted by atomic mass is 16.5. The number of carbonyl (C=O) groups is 1. The fraction of sp³-hybridized carbons (Fsp3) is 0.591. The van der Waals surface area contributed by atoms with E-state index in [2.05, 4.69) is 41.4 Å². The average Bonchev–Trinajstić information content (AvgIpc) is 3.32. The largest absolute Gasteiger partial charge is 0.343 e. The molecule has 1 aromatic heterocycles. The SMILES string of the molecule is CC(C)c1ccc(-c2noc(CCC(=O)N3CC[C@@H]4CNC[C@@H]4CC3)n2)cc1. The highest BCUT2D eigenvalue weighted by Gasteiger charge is 2.31. The van der Waals surface area contributed by atoms with Gasteiger partial charge in [0.25, 0.3) is 0 Å². The summed E-state index contributed by atoms with van der Waals surface area (Å²) in [5, 5.41) is 7.56. The van der Waals surface area contributed by atoms with E-state index < -0.39 is 0 Å². The second-order valence-electron chi connectivity index (χ2n) is 8.42. The van der Waals surface area contributed by atoms with Gasteiger partial charge in [0.15, 0.2) is 0 Å². The fourth-order valence-electron chi connectivity index (χ4n) is 4.33. The van der Waals surface area contributed by atoms with Crippen LogP contribution in [-0.4, -0.2) is 47.1 Å². The second kappa shape index (κ2) is 8.43. The van der Waals surface area contributed by atoms with Crippen molar-refractivity contribution in [2.75, 3.05) is 26.2 Å². The van der Waals surface area contributed by atoms with E-state index in [-0.39, 0.29) is 5.91 Å². The summed E-state index contributed by atoms with van der Waals surface area (Å²) in [7, 11) is 0. The summed E-state index contributed by atoms with van der Waals surface area (Å²) in [6.07, 6.45) is 3.16. The van der Waals surface area contributed by atoms with Gasteiger partial charge in [-0.2, -0.15) is 4.98 Å². The van der Waals surface area contributed by atoms with Gasteiger partial charge in [0.05, 0.1) is 0 Å². The van der Waals surface area contributed by atoms with Gasteiger partial charge < -0.3 is 14.7 Å². The lowest BCUT2D eigenvalue weighted by Gasteiger charge is -2.20. The van der Waals surface area contributed by atoms with Gasteiger partial charge in [-0.25, -0.2) is 0 Å². The summed E-state index contributed by atoms with van der Waals surface area (Å²) in [5.74, 6) is 3.29. The monoisotopic (exact) mass is 382 g/mol. The van der Waals surface area contributed by atoms with Crippen LogP contribution in [0.2, 0.25) is 0 Å².